The number of nitrogens with one attached hydrogen (secondary N) is 1. The number of carbonyl (C=O) groups is 1. The Bertz CT molecular complexity index is 1280. The lowest BCUT2D eigenvalue weighted by Gasteiger charge is -2.12. The molecule has 0 aromatic heterocycles. The van der Waals surface area contributed by atoms with Crippen molar-refractivity contribution in [3.8, 4) is 29.1 Å². The lowest BCUT2D eigenvalue weighted by atomic mass is 10.1. The van der Waals surface area contributed by atoms with Crippen LogP contribution in [0.25, 0.3) is 6.08 Å². The van der Waals surface area contributed by atoms with E-state index in [0.717, 1.165) is 5.56 Å². The van der Waals surface area contributed by atoms with Crippen LogP contribution < -0.4 is 24.3 Å². The molecule has 3 aromatic carbocycles. The summed E-state index contributed by atoms with van der Waals surface area (Å²) in [6.45, 7) is 0.424. The van der Waals surface area contributed by atoms with Crippen LogP contribution in [0.3, 0.4) is 0 Å². The van der Waals surface area contributed by atoms with Gasteiger partial charge in [-0.1, -0.05) is 30.3 Å². The van der Waals surface area contributed by atoms with Gasteiger partial charge >= 0.3 is 0 Å². The summed E-state index contributed by atoms with van der Waals surface area (Å²) in [6.07, 6.45) is 1.46. The second-order valence-corrected chi connectivity index (χ2v) is 7.33. The molecular weight excluding hydrogens is 439 g/mol. The van der Waals surface area contributed by atoms with E-state index in [1.165, 1.54) is 19.3 Å². The molecule has 0 spiro atoms. The summed E-state index contributed by atoms with van der Waals surface area (Å²) in [5.74, 6) is 1.21. The summed E-state index contributed by atoms with van der Waals surface area (Å²) in [4.78, 5) is 12.5. The summed E-state index contributed by atoms with van der Waals surface area (Å²) in [7, 11) is 1.47. The number of methoxy groups -OCH3 is 1. The van der Waals surface area contributed by atoms with Crippen LogP contribution >= 0.6 is 0 Å². The summed E-state index contributed by atoms with van der Waals surface area (Å²) in [6, 6.07) is 18.6. The van der Waals surface area contributed by atoms with Gasteiger partial charge in [-0.3, -0.25) is 4.79 Å². The first-order valence-corrected chi connectivity index (χ1v) is 10.4. The number of halogens is 1. The third-order valence-electron chi connectivity index (χ3n) is 5.09. The summed E-state index contributed by atoms with van der Waals surface area (Å²) < 4.78 is 35.5. The van der Waals surface area contributed by atoms with E-state index in [1.807, 2.05) is 12.1 Å². The van der Waals surface area contributed by atoms with Crippen molar-refractivity contribution in [2.45, 2.75) is 13.2 Å². The first kappa shape index (κ1) is 22.7. The first-order chi connectivity index (χ1) is 16.6. The molecule has 1 heterocycles. The fourth-order valence-electron chi connectivity index (χ4n) is 3.31. The van der Waals surface area contributed by atoms with Gasteiger partial charge in [0.05, 0.1) is 7.11 Å². The summed E-state index contributed by atoms with van der Waals surface area (Å²) in [5.41, 5.74) is 1.74. The van der Waals surface area contributed by atoms with Crippen molar-refractivity contribution in [3.63, 3.8) is 0 Å². The Hall–Kier alpha value is -4.51. The maximum absolute atomic E-state index is 13.8. The van der Waals surface area contributed by atoms with E-state index in [9.17, 15) is 14.4 Å². The molecule has 1 N–H and O–H groups in total. The molecule has 172 valence electrons. The Morgan fingerprint density at radius 1 is 1.12 bits per heavy atom. The molecule has 8 heteroatoms. The van der Waals surface area contributed by atoms with Crippen molar-refractivity contribution < 1.29 is 28.1 Å². The normalized spacial score (nSPS) is 12.1. The number of nitriles is 1. The molecule has 1 aliphatic rings. The minimum absolute atomic E-state index is 0.0317. The van der Waals surface area contributed by atoms with Gasteiger partial charge in [-0.15, -0.1) is 0 Å². The molecule has 7 nitrogen and oxygen atoms in total. The van der Waals surface area contributed by atoms with E-state index in [0.29, 0.717) is 34.1 Å². The van der Waals surface area contributed by atoms with Gasteiger partial charge in [-0.05, 0) is 47.5 Å². The third-order valence-corrected chi connectivity index (χ3v) is 5.09. The van der Waals surface area contributed by atoms with Gasteiger partial charge in [0.25, 0.3) is 5.91 Å². The topological polar surface area (TPSA) is 89.8 Å². The molecule has 0 saturated heterocycles. The first-order valence-electron chi connectivity index (χ1n) is 10.4. The van der Waals surface area contributed by atoms with E-state index < -0.39 is 5.91 Å². The minimum atomic E-state index is -0.515. The smallest absolute Gasteiger partial charge is 0.262 e. The van der Waals surface area contributed by atoms with Crippen molar-refractivity contribution in [3.05, 3.63) is 88.7 Å². The van der Waals surface area contributed by atoms with Gasteiger partial charge in [-0.2, -0.15) is 5.26 Å². The zero-order valence-corrected chi connectivity index (χ0v) is 18.3. The van der Waals surface area contributed by atoms with Gasteiger partial charge in [0, 0.05) is 12.1 Å². The molecule has 0 radical (unpaired) electrons. The van der Waals surface area contributed by atoms with Gasteiger partial charge in [0.15, 0.2) is 23.0 Å². The number of hydrogen-bond acceptors (Lipinski definition) is 6. The molecule has 0 unspecified atom stereocenters. The van der Waals surface area contributed by atoms with Crippen LogP contribution in [0.4, 0.5) is 4.39 Å². The molecular formula is C26H21FN2O5. The van der Waals surface area contributed by atoms with Crippen LogP contribution in [0.1, 0.15) is 16.7 Å². The number of carbonyl (C=O) groups excluding carboxylic acids is 1. The van der Waals surface area contributed by atoms with Gasteiger partial charge in [-0.25, -0.2) is 4.39 Å². The van der Waals surface area contributed by atoms with Crippen LogP contribution in [-0.4, -0.2) is 19.8 Å². The monoisotopic (exact) mass is 460 g/mol. The fourth-order valence-corrected chi connectivity index (χ4v) is 3.31. The van der Waals surface area contributed by atoms with Crippen LogP contribution in [0.5, 0.6) is 23.0 Å². The standard InChI is InChI=1S/C26H21FN2O5/c1-31-24-11-17(6-8-22(24)32-15-19-4-2-3-5-21(19)27)10-20(13-28)26(30)29-14-18-7-9-23-25(12-18)34-16-33-23/h2-12H,14-16H2,1H3,(H,29,30)/b20-10+. The van der Waals surface area contributed by atoms with Gasteiger partial charge in [0.1, 0.15) is 24.1 Å². The quantitative estimate of drug-likeness (QED) is 0.397. The van der Waals surface area contributed by atoms with Crippen LogP contribution in [0.15, 0.2) is 66.2 Å². The number of ether oxygens (including phenoxy) is 4. The van der Waals surface area contributed by atoms with E-state index in [1.54, 1.807) is 48.5 Å². The maximum atomic E-state index is 13.8. The van der Waals surface area contributed by atoms with E-state index in [2.05, 4.69) is 5.32 Å². The largest absolute Gasteiger partial charge is 0.493 e. The van der Waals surface area contributed by atoms with Gasteiger partial charge < -0.3 is 24.3 Å². The lowest BCUT2D eigenvalue weighted by molar-refractivity contribution is -0.117. The number of benzene rings is 3. The highest BCUT2D eigenvalue weighted by molar-refractivity contribution is 6.01. The molecule has 34 heavy (non-hydrogen) atoms. The van der Waals surface area contributed by atoms with E-state index >= 15 is 0 Å². The highest BCUT2D eigenvalue weighted by Gasteiger charge is 2.15. The van der Waals surface area contributed by atoms with Crippen molar-refractivity contribution >= 4 is 12.0 Å². The zero-order valence-electron chi connectivity index (χ0n) is 18.3. The average Bonchev–Trinajstić information content (AvgIpc) is 3.33. The highest BCUT2D eigenvalue weighted by atomic mass is 19.1. The minimum Gasteiger partial charge on any atom is -0.493 e. The molecule has 0 atom stereocenters. The number of amides is 1. The Morgan fingerprint density at radius 3 is 2.74 bits per heavy atom. The fraction of sp³-hybridized carbons (Fsp3) is 0.154. The third kappa shape index (κ3) is 5.27. The van der Waals surface area contributed by atoms with Crippen LogP contribution in [-0.2, 0) is 17.9 Å². The second-order valence-electron chi connectivity index (χ2n) is 7.33. The van der Waals surface area contributed by atoms with E-state index in [-0.39, 0.29) is 31.3 Å². The lowest BCUT2D eigenvalue weighted by Crippen LogP contribution is -2.23. The Kier molecular flexibility index (Phi) is 6.94. The maximum Gasteiger partial charge on any atom is 0.262 e. The molecule has 1 amide bonds. The van der Waals surface area contributed by atoms with Crippen molar-refractivity contribution in [2.75, 3.05) is 13.9 Å². The van der Waals surface area contributed by atoms with Crippen molar-refractivity contribution in [2.24, 2.45) is 0 Å². The second kappa shape index (κ2) is 10.4. The number of nitrogens with zero attached hydrogens (tertiary/aromatic N) is 1. The Labute approximate surface area is 195 Å². The molecule has 4 rings (SSSR count). The zero-order chi connectivity index (χ0) is 23.9. The molecule has 0 bridgehead atoms. The molecule has 0 fully saturated rings. The Balaban J connectivity index is 1.42. The number of rotatable bonds is 8. The Morgan fingerprint density at radius 2 is 1.94 bits per heavy atom. The molecule has 0 aliphatic carbocycles. The highest BCUT2D eigenvalue weighted by Crippen LogP contribution is 2.32. The summed E-state index contributed by atoms with van der Waals surface area (Å²) in [5, 5.41) is 12.2. The average molecular weight is 460 g/mol. The van der Waals surface area contributed by atoms with Crippen molar-refractivity contribution in [1.82, 2.24) is 5.32 Å². The van der Waals surface area contributed by atoms with Crippen LogP contribution in [0, 0.1) is 17.1 Å². The van der Waals surface area contributed by atoms with Crippen molar-refractivity contribution in [1.29, 1.82) is 5.26 Å². The van der Waals surface area contributed by atoms with E-state index in [4.69, 9.17) is 18.9 Å². The molecule has 1 aliphatic heterocycles. The molecule has 0 saturated carbocycles. The predicted molar refractivity (Wildman–Crippen MR) is 122 cm³/mol. The number of fused-ring (bicyclic) bond motifs is 1. The SMILES string of the molecule is COc1cc(/C=C(\C#N)C(=O)NCc2ccc3c(c2)OCO3)ccc1OCc1ccccc1F. The van der Waals surface area contributed by atoms with Crippen LogP contribution in [0.2, 0.25) is 0 Å². The summed E-state index contributed by atoms with van der Waals surface area (Å²) >= 11 is 0. The van der Waals surface area contributed by atoms with Gasteiger partial charge in [0.2, 0.25) is 6.79 Å². The number of hydrogen-bond donors (Lipinski definition) is 1. The molecule has 3 aromatic rings. The predicted octanol–water partition coefficient (Wildman–Crippen LogP) is 4.37.